The number of imidazole rings is 1. The quantitative estimate of drug-likeness (QED) is 0.312. The van der Waals surface area contributed by atoms with Crippen LogP contribution in [0.5, 0.6) is 0 Å². The molecule has 0 aliphatic rings. The van der Waals surface area contributed by atoms with Gasteiger partial charge in [0.05, 0.1) is 0 Å². The molecule has 0 unspecified atom stereocenters. The van der Waals surface area contributed by atoms with Crippen LogP contribution < -0.4 is 5.84 Å². The highest BCUT2D eigenvalue weighted by molar-refractivity contribution is 5.09. The average molecular weight is 111 g/mol. The number of aromatic amines is 1. The van der Waals surface area contributed by atoms with Gasteiger partial charge in [0.25, 0.3) is 0 Å². The van der Waals surface area contributed by atoms with Crippen LogP contribution in [0.4, 0.5) is 5.95 Å². The van der Waals surface area contributed by atoms with Gasteiger partial charge in [-0.05, 0) is 0 Å². The minimum absolute atomic E-state index is 0.424. The van der Waals surface area contributed by atoms with E-state index in [2.05, 4.69) is 20.3 Å². The van der Waals surface area contributed by atoms with Gasteiger partial charge in [-0.2, -0.15) is 0 Å². The summed E-state index contributed by atoms with van der Waals surface area (Å²) in [5.41, 5.74) is 0. The number of nitrogens with one attached hydrogen (secondary N) is 1. The highest BCUT2D eigenvalue weighted by Crippen LogP contribution is 1.98. The molecule has 0 aliphatic carbocycles. The highest BCUT2D eigenvalue weighted by Gasteiger charge is 1.83. The summed E-state index contributed by atoms with van der Waals surface area (Å²) in [6.45, 7) is 0. The van der Waals surface area contributed by atoms with Gasteiger partial charge in [-0.25, -0.2) is 4.98 Å². The molecule has 0 saturated heterocycles. The fourth-order valence-corrected chi connectivity index (χ4v) is 0.366. The molecule has 0 fully saturated rings. The second-order valence-corrected chi connectivity index (χ2v) is 1.13. The van der Waals surface area contributed by atoms with Crippen molar-refractivity contribution in [2.24, 2.45) is 16.2 Å². The van der Waals surface area contributed by atoms with Crippen LogP contribution in [0.1, 0.15) is 0 Å². The van der Waals surface area contributed by atoms with Gasteiger partial charge in [0.15, 0.2) is 0 Å². The van der Waals surface area contributed by atoms with Crippen LogP contribution in [0, 0.1) is 0 Å². The summed E-state index contributed by atoms with van der Waals surface area (Å²) in [6, 6.07) is 0. The second-order valence-electron chi connectivity index (χ2n) is 1.13. The molecule has 0 spiro atoms. The Balaban J connectivity index is 2.77. The number of nitrogens with zero attached hydrogens (tertiary/aromatic N) is 3. The van der Waals surface area contributed by atoms with Crippen molar-refractivity contribution in [2.45, 2.75) is 0 Å². The monoisotopic (exact) mass is 111 g/mol. The fraction of sp³-hybridized carbons (Fsp3) is 0. The molecule has 5 nitrogen and oxygen atoms in total. The SMILES string of the molecule is NN=Nc1ncc[nH]1. The highest BCUT2D eigenvalue weighted by atomic mass is 15.3. The van der Waals surface area contributed by atoms with Crippen molar-refractivity contribution in [2.75, 3.05) is 0 Å². The molecule has 1 heterocycles. The molecule has 0 atom stereocenters. The zero-order chi connectivity index (χ0) is 5.82. The Morgan fingerprint density at radius 2 is 2.62 bits per heavy atom. The van der Waals surface area contributed by atoms with Crippen molar-refractivity contribution >= 4 is 5.95 Å². The molecule has 0 amide bonds. The van der Waals surface area contributed by atoms with E-state index in [0.29, 0.717) is 5.95 Å². The topological polar surface area (TPSA) is 79.4 Å². The molecule has 42 valence electrons. The Labute approximate surface area is 45.6 Å². The standard InChI is InChI=1S/C3H5N5/c4-8-7-3-5-1-2-6-3/h1-2H,(H3,4,5,6,7). The van der Waals surface area contributed by atoms with Crippen LogP contribution in [0.25, 0.3) is 0 Å². The largest absolute Gasteiger partial charge is 0.328 e. The molecule has 0 aliphatic heterocycles. The van der Waals surface area contributed by atoms with E-state index in [1.165, 1.54) is 0 Å². The van der Waals surface area contributed by atoms with Crippen LogP contribution in [-0.4, -0.2) is 9.97 Å². The zero-order valence-corrected chi connectivity index (χ0v) is 4.07. The minimum atomic E-state index is 0.424. The number of hydrogen-bond acceptors (Lipinski definition) is 3. The number of rotatable bonds is 1. The van der Waals surface area contributed by atoms with Crippen LogP contribution in [0.2, 0.25) is 0 Å². The molecule has 0 radical (unpaired) electrons. The van der Waals surface area contributed by atoms with Crippen molar-refractivity contribution in [1.29, 1.82) is 0 Å². The predicted octanol–water partition coefficient (Wildman–Crippen LogP) is 0.367. The van der Waals surface area contributed by atoms with E-state index in [1.54, 1.807) is 12.4 Å². The van der Waals surface area contributed by atoms with Crippen molar-refractivity contribution in [3.8, 4) is 0 Å². The summed E-state index contributed by atoms with van der Waals surface area (Å²) in [5.74, 6) is 5.14. The maximum atomic E-state index is 4.72. The van der Waals surface area contributed by atoms with E-state index >= 15 is 0 Å². The summed E-state index contributed by atoms with van der Waals surface area (Å²) >= 11 is 0. The summed E-state index contributed by atoms with van der Waals surface area (Å²) in [7, 11) is 0. The van der Waals surface area contributed by atoms with Gasteiger partial charge in [0.1, 0.15) is 0 Å². The molecule has 0 saturated carbocycles. The van der Waals surface area contributed by atoms with Crippen molar-refractivity contribution < 1.29 is 0 Å². The first-order valence-corrected chi connectivity index (χ1v) is 2.04. The van der Waals surface area contributed by atoms with Crippen LogP contribution in [0.15, 0.2) is 22.7 Å². The average Bonchev–Trinajstić information content (AvgIpc) is 2.19. The zero-order valence-electron chi connectivity index (χ0n) is 4.07. The summed E-state index contributed by atoms with van der Waals surface area (Å²) in [6.07, 6.45) is 3.22. The Bertz CT molecular complexity index is 164. The number of hydrogen-bond donors (Lipinski definition) is 2. The van der Waals surface area contributed by atoms with E-state index in [9.17, 15) is 0 Å². The smallest absolute Gasteiger partial charge is 0.248 e. The van der Waals surface area contributed by atoms with E-state index < -0.39 is 0 Å². The molecule has 1 aromatic rings. The molecule has 0 aromatic carbocycles. The second kappa shape index (κ2) is 2.06. The van der Waals surface area contributed by atoms with Gasteiger partial charge in [-0.3, -0.25) is 0 Å². The Kier molecular flexibility index (Phi) is 1.23. The Hall–Kier alpha value is -1.39. The van der Waals surface area contributed by atoms with Gasteiger partial charge in [0, 0.05) is 12.4 Å². The number of aromatic nitrogens is 2. The number of nitrogens with two attached hydrogens (primary N) is 1. The van der Waals surface area contributed by atoms with Crippen LogP contribution in [0.3, 0.4) is 0 Å². The van der Waals surface area contributed by atoms with E-state index in [0.717, 1.165) is 0 Å². The first kappa shape index (κ1) is 4.76. The molecule has 5 heteroatoms. The third kappa shape index (κ3) is 0.810. The Morgan fingerprint density at radius 1 is 1.75 bits per heavy atom. The first-order chi connectivity index (χ1) is 3.93. The predicted molar refractivity (Wildman–Crippen MR) is 27.3 cm³/mol. The maximum Gasteiger partial charge on any atom is 0.248 e. The Morgan fingerprint density at radius 3 is 3.12 bits per heavy atom. The minimum Gasteiger partial charge on any atom is -0.328 e. The lowest BCUT2D eigenvalue weighted by Gasteiger charge is -1.74. The lowest BCUT2D eigenvalue weighted by atomic mass is 11.0. The molecule has 8 heavy (non-hydrogen) atoms. The third-order valence-electron chi connectivity index (χ3n) is 0.636. The van der Waals surface area contributed by atoms with Crippen molar-refractivity contribution in [3.63, 3.8) is 0 Å². The van der Waals surface area contributed by atoms with Crippen LogP contribution >= 0.6 is 0 Å². The summed E-state index contributed by atoms with van der Waals surface area (Å²) < 4.78 is 0. The molecule has 0 bridgehead atoms. The van der Waals surface area contributed by atoms with Gasteiger partial charge in [0.2, 0.25) is 5.95 Å². The van der Waals surface area contributed by atoms with E-state index in [1.807, 2.05) is 0 Å². The molecular weight excluding hydrogens is 106 g/mol. The van der Waals surface area contributed by atoms with Gasteiger partial charge in [-0.15, -0.1) is 0 Å². The van der Waals surface area contributed by atoms with Gasteiger partial charge in [-0.1, -0.05) is 10.3 Å². The lowest BCUT2D eigenvalue weighted by molar-refractivity contribution is 1.02. The molecule has 1 aromatic heterocycles. The van der Waals surface area contributed by atoms with E-state index in [4.69, 9.17) is 5.84 Å². The normalized spacial score (nSPS) is 10.5. The lowest BCUT2D eigenvalue weighted by Crippen LogP contribution is -1.73. The third-order valence-corrected chi connectivity index (χ3v) is 0.636. The summed E-state index contributed by atoms with van der Waals surface area (Å²) in [5, 5.41) is 6.41. The maximum absolute atomic E-state index is 4.72. The summed E-state index contributed by atoms with van der Waals surface area (Å²) in [4.78, 5) is 6.40. The van der Waals surface area contributed by atoms with Gasteiger partial charge < -0.3 is 10.8 Å². The molecule has 1 rings (SSSR count). The van der Waals surface area contributed by atoms with Crippen molar-refractivity contribution in [1.82, 2.24) is 9.97 Å². The first-order valence-electron chi connectivity index (χ1n) is 2.04. The van der Waals surface area contributed by atoms with Crippen LogP contribution in [-0.2, 0) is 0 Å². The van der Waals surface area contributed by atoms with Crippen molar-refractivity contribution in [3.05, 3.63) is 12.4 Å². The van der Waals surface area contributed by atoms with Gasteiger partial charge >= 0.3 is 0 Å². The van der Waals surface area contributed by atoms with E-state index in [-0.39, 0.29) is 0 Å². The number of H-pyrrole nitrogens is 1. The molecule has 3 N–H and O–H groups in total. The fourth-order valence-electron chi connectivity index (χ4n) is 0.366. The molecular formula is C3H5N5.